The van der Waals surface area contributed by atoms with Crippen LogP contribution >= 0.6 is 11.3 Å². The topological polar surface area (TPSA) is 73.3 Å². The third-order valence-electron chi connectivity index (χ3n) is 3.99. The van der Waals surface area contributed by atoms with Gasteiger partial charge < -0.3 is 9.47 Å². The normalized spacial score (nSPS) is 12.4. The number of fused-ring (bicyclic) bond motifs is 1. The monoisotopic (exact) mass is 379 g/mol. The van der Waals surface area contributed by atoms with Crippen molar-refractivity contribution in [2.75, 3.05) is 12.1 Å². The Bertz CT molecular complexity index is 970. The van der Waals surface area contributed by atoms with Gasteiger partial charge in [0.2, 0.25) is 17.8 Å². The largest absolute Gasteiger partial charge is 0.454 e. The Hall–Kier alpha value is -3.19. The fourth-order valence-corrected chi connectivity index (χ4v) is 3.38. The summed E-state index contributed by atoms with van der Waals surface area (Å²) in [4.78, 5) is 12.1. The Balaban J connectivity index is 1.31. The Labute approximate surface area is 160 Å². The molecule has 4 rings (SSSR count). The van der Waals surface area contributed by atoms with E-state index in [1.165, 1.54) is 23.0 Å². The van der Waals surface area contributed by atoms with E-state index in [1.807, 2.05) is 36.4 Å². The lowest BCUT2D eigenvalue weighted by Crippen LogP contribution is -2.07. The number of carbonyl (C=O) groups excluding carboxylic acids is 1. The van der Waals surface area contributed by atoms with Crippen LogP contribution in [0.15, 0.2) is 54.6 Å². The lowest BCUT2D eigenvalue weighted by atomic mass is 10.1. The predicted molar refractivity (Wildman–Crippen MR) is 104 cm³/mol. The molecule has 27 heavy (non-hydrogen) atoms. The molecule has 3 aromatic rings. The van der Waals surface area contributed by atoms with Gasteiger partial charge in [0.25, 0.3) is 0 Å². The van der Waals surface area contributed by atoms with Crippen LogP contribution in [0.1, 0.15) is 16.1 Å². The molecule has 0 bridgehead atoms. The molecule has 0 atom stereocenters. The van der Waals surface area contributed by atoms with Gasteiger partial charge in [-0.1, -0.05) is 47.7 Å². The van der Waals surface area contributed by atoms with Crippen molar-refractivity contribution in [1.82, 2.24) is 10.2 Å². The van der Waals surface area contributed by atoms with Gasteiger partial charge in [0.15, 0.2) is 11.5 Å². The maximum Gasteiger partial charge on any atom is 0.250 e. The van der Waals surface area contributed by atoms with Gasteiger partial charge in [0, 0.05) is 12.5 Å². The van der Waals surface area contributed by atoms with E-state index in [0.717, 1.165) is 23.4 Å². The van der Waals surface area contributed by atoms with Crippen molar-refractivity contribution < 1.29 is 14.3 Å². The van der Waals surface area contributed by atoms with Crippen molar-refractivity contribution >= 4 is 28.5 Å². The number of benzene rings is 2. The number of aromatic nitrogens is 2. The van der Waals surface area contributed by atoms with Crippen LogP contribution in [0.25, 0.3) is 6.08 Å². The number of nitrogens with one attached hydrogen (secondary N) is 1. The minimum Gasteiger partial charge on any atom is -0.454 e. The highest BCUT2D eigenvalue weighted by Gasteiger charge is 2.12. The van der Waals surface area contributed by atoms with Gasteiger partial charge in [0.1, 0.15) is 5.01 Å². The number of amides is 1. The molecule has 136 valence electrons. The van der Waals surface area contributed by atoms with Crippen molar-refractivity contribution in [3.63, 3.8) is 0 Å². The minimum atomic E-state index is -0.251. The molecule has 1 aromatic heterocycles. The SMILES string of the molecule is O=C(C=Cc1ccc2c(c1)OCO2)Nc1nnc(CCc2ccccc2)s1. The summed E-state index contributed by atoms with van der Waals surface area (Å²) in [5.74, 6) is 1.15. The average Bonchev–Trinajstić information content (AvgIpc) is 3.34. The summed E-state index contributed by atoms with van der Waals surface area (Å²) in [5.41, 5.74) is 2.11. The number of anilines is 1. The molecule has 1 aliphatic heterocycles. The molecule has 0 saturated carbocycles. The standard InChI is InChI=1S/C20H17N3O3S/c24-18(10-7-15-6-9-16-17(12-15)26-13-25-16)21-20-23-22-19(27-20)11-8-14-4-2-1-3-5-14/h1-7,9-10,12H,8,11,13H2,(H,21,23,24). The molecule has 0 unspecified atom stereocenters. The molecular formula is C20H17N3O3S. The molecular weight excluding hydrogens is 362 g/mol. The zero-order valence-electron chi connectivity index (χ0n) is 14.4. The van der Waals surface area contributed by atoms with E-state index >= 15 is 0 Å². The number of hydrogen-bond acceptors (Lipinski definition) is 6. The van der Waals surface area contributed by atoms with Crippen LogP contribution in [-0.4, -0.2) is 22.9 Å². The summed E-state index contributed by atoms with van der Waals surface area (Å²) in [5, 5.41) is 12.3. The summed E-state index contributed by atoms with van der Waals surface area (Å²) in [6.07, 6.45) is 4.87. The quantitative estimate of drug-likeness (QED) is 0.661. The molecule has 0 radical (unpaired) electrons. The van der Waals surface area contributed by atoms with E-state index in [4.69, 9.17) is 9.47 Å². The summed E-state index contributed by atoms with van der Waals surface area (Å²) >= 11 is 1.39. The van der Waals surface area contributed by atoms with E-state index in [0.29, 0.717) is 16.6 Å². The maximum atomic E-state index is 12.1. The highest BCUT2D eigenvalue weighted by molar-refractivity contribution is 7.15. The molecule has 0 spiro atoms. The second-order valence-electron chi connectivity index (χ2n) is 5.92. The van der Waals surface area contributed by atoms with Gasteiger partial charge in [-0.15, -0.1) is 10.2 Å². The number of rotatable bonds is 6. The van der Waals surface area contributed by atoms with Crippen LogP contribution in [0.4, 0.5) is 5.13 Å². The number of aryl methyl sites for hydroxylation is 2. The zero-order valence-corrected chi connectivity index (χ0v) is 15.2. The molecule has 1 amide bonds. The van der Waals surface area contributed by atoms with Gasteiger partial charge in [-0.2, -0.15) is 0 Å². The molecule has 0 aliphatic carbocycles. The van der Waals surface area contributed by atoms with Gasteiger partial charge in [-0.25, -0.2) is 0 Å². The number of ether oxygens (including phenoxy) is 2. The van der Waals surface area contributed by atoms with E-state index in [9.17, 15) is 4.79 Å². The molecule has 0 saturated heterocycles. The number of nitrogens with zero attached hydrogens (tertiary/aromatic N) is 2. The number of hydrogen-bond donors (Lipinski definition) is 1. The van der Waals surface area contributed by atoms with Gasteiger partial charge in [-0.3, -0.25) is 10.1 Å². The third kappa shape index (κ3) is 4.51. The van der Waals surface area contributed by atoms with Crippen LogP contribution in [0.3, 0.4) is 0 Å². The van der Waals surface area contributed by atoms with Gasteiger partial charge in [-0.05, 0) is 35.8 Å². The van der Waals surface area contributed by atoms with Crippen LogP contribution < -0.4 is 14.8 Å². The van der Waals surface area contributed by atoms with Crippen LogP contribution in [-0.2, 0) is 17.6 Å². The Morgan fingerprint density at radius 1 is 1.07 bits per heavy atom. The smallest absolute Gasteiger partial charge is 0.250 e. The van der Waals surface area contributed by atoms with Crippen molar-refractivity contribution in [3.8, 4) is 11.5 Å². The van der Waals surface area contributed by atoms with Crippen LogP contribution in [0, 0.1) is 0 Å². The highest BCUT2D eigenvalue weighted by atomic mass is 32.1. The summed E-state index contributed by atoms with van der Waals surface area (Å²) < 4.78 is 10.6. The number of carbonyl (C=O) groups is 1. The summed E-state index contributed by atoms with van der Waals surface area (Å²) in [6, 6.07) is 15.7. The molecule has 6 nitrogen and oxygen atoms in total. The fourth-order valence-electron chi connectivity index (χ4n) is 2.64. The first-order valence-corrected chi connectivity index (χ1v) is 9.33. The fraction of sp³-hybridized carbons (Fsp3) is 0.150. The third-order valence-corrected chi connectivity index (χ3v) is 4.89. The van der Waals surface area contributed by atoms with E-state index < -0.39 is 0 Å². The Morgan fingerprint density at radius 2 is 1.93 bits per heavy atom. The first kappa shape index (κ1) is 17.2. The second kappa shape index (κ2) is 8.01. The average molecular weight is 379 g/mol. The zero-order chi connectivity index (χ0) is 18.5. The van der Waals surface area contributed by atoms with E-state index in [2.05, 4.69) is 27.6 Å². The van der Waals surface area contributed by atoms with Crippen molar-refractivity contribution in [2.45, 2.75) is 12.8 Å². The van der Waals surface area contributed by atoms with E-state index in [-0.39, 0.29) is 12.7 Å². The first-order valence-electron chi connectivity index (χ1n) is 8.51. The molecule has 1 N–H and O–H groups in total. The highest BCUT2D eigenvalue weighted by Crippen LogP contribution is 2.32. The van der Waals surface area contributed by atoms with Crippen LogP contribution in [0.2, 0.25) is 0 Å². The lowest BCUT2D eigenvalue weighted by molar-refractivity contribution is -0.111. The van der Waals surface area contributed by atoms with Crippen molar-refractivity contribution in [3.05, 3.63) is 70.7 Å². The predicted octanol–water partition coefficient (Wildman–Crippen LogP) is 3.70. The molecule has 7 heteroatoms. The second-order valence-corrected chi connectivity index (χ2v) is 6.98. The molecule has 2 aromatic carbocycles. The van der Waals surface area contributed by atoms with Crippen molar-refractivity contribution in [2.24, 2.45) is 0 Å². The minimum absolute atomic E-state index is 0.229. The van der Waals surface area contributed by atoms with Crippen LogP contribution in [0.5, 0.6) is 11.5 Å². The lowest BCUT2D eigenvalue weighted by Gasteiger charge is -1.98. The maximum absolute atomic E-state index is 12.1. The van der Waals surface area contributed by atoms with Crippen molar-refractivity contribution in [1.29, 1.82) is 0 Å². The molecule has 1 aliphatic rings. The Morgan fingerprint density at radius 3 is 2.81 bits per heavy atom. The van der Waals surface area contributed by atoms with Gasteiger partial charge in [0.05, 0.1) is 0 Å². The summed E-state index contributed by atoms with van der Waals surface area (Å²) in [7, 11) is 0. The molecule has 2 heterocycles. The van der Waals surface area contributed by atoms with Gasteiger partial charge >= 0.3 is 0 Å². The van der Waals surface area contributed by atoms with E-state index in [1.54, 1.807) is 6.08 Å². The Kier molecular flexibility index (Phi) is 5.11. The summed E-state index contributed by atoms with van der Waals surface area (Å²) in [6.45, 7) is 0.229. The first-order chi connectivity index (χ1) is 13.3. The molecule has 0 fully saturated rings.